The van der Waals surface area contributed by atoms with Gasteiger partial charge in [0.25, 0.3) is 0 Å². The summed E-state index contributed by atoms with van der Waals surface area (Å²) in [6.07, 6.45) is 0. The maximum Gasteiger partial charge on any atom is 0.0346 e. The first-order valence-electron chi connectivity index (χ1n) is 7.28. The monoisotopic (exact) mass is 289 g/mol. The number of hydrogen-bond donors (Lipinski definition) is 1. The number of piperazine rings is 1. The molecule has 1 aliphatic heterocycles. The van der Waals surface area contributed by atoms with Crippen molar-refractivity contribution in [3.63, 3.8) is 0 Å². The van der Waals surface area contributed by atoms with Crippen molar-refractivity contribution in [3.05, 3.63) is 35.2 Å². The Morgan fingerprint density at radius 3 is 3.00 bits per heavy atom. The number of nitrogens with zero attached hydrogens (tertiary/aromatic N) is 2. The second-order valence-electron chi connectivity index (χ2n) is 5.78. The standard InChI is InChI=1S/C16H23N3S/c1-18-7-8-19(2)14(11-18)10-17-9-13-12-20-16-6-4-3-5-15(13)16/h3-6,12,14,17H,7-11H2,1-2H3. The van der Waals surface area contributed by atoms with Gasteiger partial charge in [-0.3, -0.25) is 4.90 Å². The van der Waals surface area contributed by atoms with E-state index >= 15 is 0 Å². The molecule has 1 saturated heterocycles. The number of nitrogens with one attached hydrogen (secondary N) is 1. The van der Waals surface area contributed by atoms with Gasteiger partial charge in [0.15, 0.2) is 0 Å². The fraction of sp³-hybridized carbons (Fsp3) is 0.500. The van der Waals surface area contributed by atoms with Gasteiger partial charge in [-0.15, -0.1) is 11.3 Å². The second kappa shape index (κ2) is 6.22. The van der Waals surface area contributed by atoms with Crippen LogP contribution in [0.2, 0.25) is 0 Å². The van der Waals surface area contributed by atoms with E-state index in [0.29, 0.717) is 6.04 Å². The molecule has 1 aromatic heterocycles. The zero-order valence-corrected chi connectivity index (χ0v) is 13.1. The number of thiophene rings is 1. The molecule has 20 heavy (non-hydrogen) atoms. The maximum absolute atomic E-state index is 3.64. The fourth-order valence-electron chi connectivity index (χ4n) is 2.86. The summed E-state index contributed by atoms with van der Waals surface area (Å²) >= 11 is 1.84. The first kappa shape index (κ1) is 14.0. The Balaban J connectivity index is 1.57. The summed E-state index contributed by atoms with van der Waals surface area (Å²) < 4.78 is 1.39. The molecular weight excluding hydrogens is 266 g/mol. The van der Waals surface area contributed by atoms with Crippen LogP contribution >= 0.6 is 11.3 Å². The molecule has 3 nitrogen and oxygen atoms in total. The molecule has 0 bridgehead atoms. The van der Waals surface area contributed by atoms with Crippen LogP contribution in [0.3, 0.4) is 0 Å². The van der Waals surface area contributed by atoms with Crippen LogP contribution in [0.1, 0.15) is 5.56 Å². The molecule has 4 heteroatoms. The number of benzene rings is 1. The van der Waals surface area contributed by atoms with Gasteiger partial charge < -0.3 is 10.2 Å². The largest absolute Gasteiger partial charge is 0.311 e. The minimum atomic E-state index is 0.624. The lowest BCUT2D eigenvalue weighted by Crippen LogP contribution is -2.53. The summed E-state index contributed by atoms with van der Waals surface area (Å²) in [5, 5.41) is 7.33. The van der Waals surface area contributed by atoms with E-state index < -0.39 is 0 Å². The molecule has 1 aliphatic rings. The van der Waals surface area contributed by atoms with Crippen LogP contribution in [0, 0.1) is 0 Å². The van der Waals surface area contributed by atoms with Crippen molar-refractivity contribution in [3.8, 4) is 0 Å². The zero-order valence-electron chi connectivity index (χ0n) is 12.3. The van der Waals surface area contributed by atoms with E-state index in [4.69, 9.17) is 0 Å². The summed E-state index contributed by atoms with van der Waals surface area (Å²) in [6.45, 7) is 5.55. The zero-order chi connectivity index (χ0) is 13.9. The van der Waals surface area contributed by atoms with Gasteiger partial charge in [0.2, 0.25) is 0 Å². The Hall–Kier alpha value is -0.940. The van der Waals surface area contributed by atoms with E-state index in [-0.39, 0.29) is 0 Å². The van der Waals surface area contributed by atoms with E-state index in [1.807, 2.05) is 11.3 Å². The van der Waals surface area contributed by atoms with Crippen LogP contribution in [0.25, 0.3) is 10.1 Å². The molecule has 0 radical (unpaired) electrons. The number of likely N-dealkylation sites (N-methyl/N-ethyl adjacent to an activating group) is 2. The third-order valence-electron chi connectivity index (χ3n) is 4.24. The van der Waals surface area contributed by atoms with Crippen LogP contribution in [0.15, 0.2) is 29.6 Å². The van der Waals surface area contributed by atoms with Gasteiger partial charge in [-0.1, -0.05) is 18.2 Å². The van der Waals surface area contributed by atoms with Gasteiger partial charge in [0.1, 0.15) is 0 Å². The minimum absolute atomic E-state index is 0.624. The molecule has 1 N–H and O–H groups in total. The molecule has 108 valence electrons. The van der Waals surface area contributed by atoms with E-state index in [2.05, 4.69) is 58.9 Å². The number of fused-ring (bicyclic) bond motifs is 1. The SMILES string of the molecule is CN1CCN(C)C(CNCc2csc3ccccc23)C1. The molecule has 0 saturated carbocycles. The molecule has 0 aliphatic carbocycles. The topological polar surface area (TPSA) is 18.5 Å². The third-order valence-corrected chi connectivity index (χ3v) is 5.25. The highest BCUT2D eigenvalue weighted by molar-refractivity contribution is 7.17. The van der Waals surface area contributed by atoms with E-state index in [1.54, 1.807) is 0 Å². The lowest BCUT2D eigenvalue weighted by Gasteiger charge is -2.37. The lowest BCUT2D eigenvalue weighted by atomic mass is 10.1. The smallest absolute Gasteiger partial charge is 0.0346 e. The van der Waals surface area contributed by atoms with Crippen molar-refractivity contribution in [1.82, 2.24) is 15.1 Å². The first-order valence-corrected chi connectivity index (χ1v) is 8.16. The van der Waals surface area contributed by atoms with Crippen molar-refractivity contribution in [2.75, 3.05) is 40.3 Å². The van der Waals surface area contributed by atoms with E-state index in [9.17, 15) is 0 Å². The van der Waals surface area contributed by atoms with Crippen molar-refractivity contribution in [2.24, 2.45) is 0 Å². The molecule has 3 rings (SSSR count). The van der Waals surface area contributed by atoms with E-state index in [1.165, 1.54) is 28.7 Å². The molecular formula is C16H23N3S. The van der Waals surface area contributed by atoms with Crippen LogP contribution in [-0.4, -0.2) is 56.1 Å². The Morgan fingerprint density at radius 1 is 1.25 bits per heavy atom. The van der Waals surface area contributed by atoms with Crippen molar-refractivity contribution >= 4 is 21.4 Å². The van der Waals surface area contributed by atoms with E-state index in [0.717, 1.165) is 19.6 Å². The second-order valence-corrected chi connectivity index (χ2v) is 6.70. The van der Waals surface area contributed by atoms with Crippen LogP contribution < -0.4 is 5.32 Å². The Morgan fingerprint density at radius 2 is 2.10 bits per heavy atom. The lowest BCUT2D eigenvalue weighted by molar-refractivity contribution is 0.113. The van der Waals surface area contributed by atoms with Gasteiger partial charge in [-0.25, -0.2) is 0 Å². The Kier molecular flexibility index (Phi) is 4.36. The number of rotatable bonds is 4. The highest BCUT2D eigenvalue weighted by Gasteiger charge is 2.21. The quantitative estimate of drug-likeness (QED) is 0.931. The normalized spacial score (nSPS) is 21.6. The van der Waals surface area contributed by atoms with Crippen molar-refractivity contribution in [1.29, 1.82) is 0 Å². The van der Waals surface area contributed by atoms with Gasteiger partial charge in [-0.05, 0) is 36.5 Å². The third kappa shape index (κ3) is 3.04. The average molecular weight is 289 g/mol. The summed E-state index contributed by atoms with van der Waals surface area (Å²) in [7, 11) is 4.45. The predicted octanol–water partition coefficient (Wildman–Crippen LogP) is 2.24. The Bertz CT molecular complexity index is 566. The maximum atomic E-state index is 3.64. The summed E-state index contributed by atoms with van der Waals surface area (Å²) in [6, 6.07) is 9.29. The molecule has 1 unspecified atom stereocenters. The van der Waals surface area contributed by atoms with Gasteiger partial charge in [-0.2, -0.15) is 0 Å². The molecule has 2 heterocycles. The molecule has 1 aromatic carbocycles. The highest BCUT2D eigenvalue weighted by Crippen LogP contribution is 2.25. The summed E-state index contributed by atoms with van der Waals surface area (Å²) in [5.41, 5.74) is 1.43. The van der Waals surface area contributed by atoms with Gasteiger partial charge >= 0.3 is 0 Å². The van der Waals surface area contributed by atoms with Gasteiger partial charge in [0, 0.05) is 43.5 Å². The summed E-state index contributed by atoms with van der Waals surface area (Å²) in [4.78, 5) is 4.89. The Labute approximate surface area is 125 Å². The van der Waals surface area contributed by atoms with Gasteiger partial charge in [0.05, 0.1) is 0 Å². The average Bonchev–Trinajstić information content (AvgIpc) is 2.86. The number of hydrogen-bond acceptors (Lipinski definition) is 4. The predicted molar refractivity (Wildman–Crippen MR) is 87.4 cm³/mol. The first-order chi connectivity index (χ1) is 9.74. The minimum Gasteiger partial charge on any atom is -0.311 e. The molecule has 1 atom stereocenters. The molecule has 0 spiro atoms. The molecule has 2 aromatic rings. The van der Waals surface area contributed by atoms with Crippen LogP contribution in [0.4, 0.5) is 0 Å². The van der Waals surface area contributed by atoms with Crippen LogP contribution in [0.5, 0.6) is 0 Å². The van der Waals surface area contributed by atoms with Crippen LogP contribution in [-0.2, 0) is 6.54 Å². The highest BCUT2D eigenvalue weighted by atomic mass is 32.1. The molecule has 1 fully saturated rings. The molecule has 0 amide bonds. The fourth-order valence-corrected chi connectivity index (χ4v) is 3.83. The van der Waals surface area contributed by atoms with Crippen molar-refractivity contribution < 1.29 is 0 Å². The summed E-state index contributed by atoms with van der Waals surface area (Å²) in [5.74, 6) is 0. The van der Waals surface area contributed by atoms with Crippen molar-refractivity contribution in [2.45, 2.75) is 12.6 Å².